The van der Waals surface area contributed by atoms with Gasteiger partial charge in [0.05, 0.1) is 4.88 Å². The number of benzene rings is 1. The number of rotatable bonds is 4. The summed E-state index contributed by atoms with van der Waals surface area (Å²) in [7, 11) is 0. The van der Waals surface area contributed by atoms with E-state index in [1.54, 1.807) is 12.1 Å². The Balaban J connectivity index is 1.29. The lowest BCUT2D eigenvalue weighted by molar-refractivity contribution is 0.0905. The highest BCUT2D eigenvalue weighted by molar-refractivity contribution is 7.20. The summed E-state index contributed by atoms with van der Waals surface area (Å²) >= 11 is 1.37. The smallest absolute Gasteiger partial charge is 0.261 e. The van der Waals surface area contributed by atoms with Crippen LogP contribution in [0.2, 0.25) is 0 Å². The number of hydrogen-bond donors (Lipinski definition) is 1. The van der Waals surface area contributed by atoms with Crippen LogP contribution < -0.4 is 5.32 Å². The highest BCUT2D eigenvalue weighted by atomic mass is 32.1. The van der Waals surface area contributed by atoms with Crippen LogP contribution in [0, 0.1) is 11.7 Å². The first-order valence-electron chi connectivity index (χ1n) is 9.90. The topological polar surface area (TPSA) is 32.3 Å². The Labute approximate surface area is 158 Å². The van der Waals surface area contributed by atoms with Crippen molar-refractivity contribution in [1.82, 2.24) is 10.2 Å². The molecule has 2 fully saturated rings. The first kappa shape index (κ1) is 17.9. The molecular weight excluding hydrogens is 347 g/mol. The minimum atomic E-state index is -0.256. The van der Waals surface area contributed by atoms with Crippen LogP contribution in [-0.4, -0.2) is 36.5 Å². The summed E-state index contributed by atoms with van der Waals surface area (Å²) in [6.07, 6.45) is 9.00. The van der Waals surface area contributed by atoms with Crippen molar-refractivity contribution in [3.05, 3.63) is 35.0 Å². The molecule has 5 heteroatoms. The second-order valence-electron chi connectivity index (χ2n) is 7.81. The maximum Gasteiger partial charge on any atom is 0.261 e. The Morgan fingerprint density at radius 3 is 2.65 bits per heavy atom. The monoisotopic (exact) mass is 374 g/mol. The van der Waals surface area contributed by atoms with Gasteiger partial charge in [0.2, 0.25) is 0 Å². The van der Waals surface area contributed by atoms with E-state index in [-0.39, 0.29) is 17.8 Å². The molecule has 1 N–H and O–H groups in total. The van der Waals surface area contributed by atoms with E-state index < -0.39 is 0 Å². The van der Waals surface area contributed by atoms with Crippen LogP contribution in [0.1, 0.15) is 54.6 Å². The molecule has 3 nitrogen and oxygen atoms in total. The fourth-order valence-electron chi connectivity index (χ4n) is 4.39. The van der Waals surface area contributed by atoms with Gasteiger partial charge in [-0.3, -0.25) is 4.79 Å². The number of carbonyl (C=O) groups excluding carboxylic acids is 1. The molecule has 4 rings (SSSR count). The second-order valence-corrected chi connectivity index (χ2v) is 8.90. The predicted molar refractivity (Wildman–Crippen MR) is 105 cm³/mol. The number of carbonyl (C=O) groups is 1. The quantitative estimate of drug-likeness (QED) is 0.832. The minimum absolute atomic E-state index is 0.0590. The molecule has 0 unspecified atom stereocenters. The lowest BCUT2D eigenvalue weighted by atomic mass is 9.88. The highest BCUT2D eigenvalue weighted by Gasteiger charge is 2.24. The molecule has 2 aliphatic rings. The van der Waals surface area contributed by atoms with E-state index in [0.29, 0.717) is 10.3 Å². The van der Waals surface area contributed by atoms with Crippen molar-refractivity contribution in [3.8, 4) is 0 Å². The van der Waals surface area contributed by atoms with Crippen molar-refractivity contribution < 1.29 is 9.18 Å². The molecular formula is C21H27FN2OS. The number of nitrogens with zero attached hydrogens (tertiary/aromatic N) is 1. The van der Waals surface area contributed by atoms with Crippen LogP contribution in [0.3, 0.4) is 0 Å². The first-order chi connectivity index (χ1) is 12.7. The van der Waals surface area contributed by atoms with Crippen molar-refractivity contribution in [2.45, 2.75) is 51.0 Å². The largest absolute Gasteiger partial charge is 0.349 e. The molecule has 0 atom stereocenters. The molecule has 1 amide bonds. The van der Waals surface area contributed by atoms with Gasteiger partial charge < -0.3 is 10.2 Å². The Hall–Kier alpha value is -1.46. The number of amides is 1. The molecule has 0 spiro atoms. The Morgan fingerprint density at radius 1 is 1.15 bits per heavy atom. The fourth-order valence-corrected chi connectivity index (χ4v) is 5.37. The summed E-state index contributed by atoms with van der Waals surface area (Å²) in [6.45, 7) is 3.38. The van der Waals surface area contributed by atoms with Gasteiger partial charge in [0.15, 0.2) is 0 Å². The SMILES string of the molecule is O=C(NC1CCN(CC2CCCCC2)CC1)c1cc2c(F)cccc2s1. The molecule has 0 radical (unpaired) electrons. The molecule has 140 valence electrons. The van der Waals surface area contributed by atoms with Gasteiger partial charge in [-0.1, -0.05) is 25.3 Å². The average molecular weight is 375 g/mol. The van der Waals surface area contributed by atoms with E-state index >= 15 is 0 Å². The van der Waals surface area contributed by atoms with Gasteiger partial charge >= 0.3 is 0 Å². The molecule has 1 saturated carbocycles. The molecule has 1 aliphatic heterocycles. The summed E-state index contributed by atoms with van der Waals surface area (Å²) in [4.78, 5) is 15.7. The maximum atomic E-state index is 13.8. The first-order valence-corrected chi connectivity index (χ1v) is 10.7. The molecule has 1 saturated heterocycles. The number of likely N-dealkylation sites (tertiary alicyclic amines) is 1. The van der Waals surface area contributed by atoms with Crippen LogP contribution in [0.25, 0.3) is 10.1 Å². The lowest BCUT2D eigenvalue weighted by Gasteiger charge is -2.35. The number of thiophene rings is 1. The van der Waals surface area contributed by atoms with E-state index in [1.165, 1.54) is 56.1 Å². The molecule has 2 heterocycles. The number of piperidine rings is 1. The second kappa shape index (κ2) is 8.05. The summed E-state index contributed by atoms with van der Waals surface area (Å²) in [6, 6.07) is 6.92. The van der Waals surface area contributed by atoms with Crippen LogP contribution in [0.15, 0.2) is 24.3 Å². The van der Waals surface area contributed by atoms with Gasteiger partial charge in [0.1, 0.15) is 5.82 Å². The van der Waals surface area contributed by atoms with Crippen molar-refractivity contribution in [2.24, 2.45) is 5.92 Å². The standard InChI is InChI=1S/C21H27FN2OS/c22-18-7-4-8-19-17(18)13-20(26-19)21(25)23-16-9-11-24(12-10-16)14-15-5-2-1-3-6-15/h4,7-8,13,15-16H,1-3,5-6,9-12,14H2,(H,23,25). The third-order valence-corrected chi connectivity index (χ3v) is 7.00. The zero-order chi connectivity index (χ0) is 17.9. The normalized spacial score (nSPS) is 20.5. The van der Waals surface area contributed by atoms with Crippen LogP contribution in [0.5, 0.6) is 0 Å². The van der Waals surface area contributed by atoms with Crippen molar-refractivity contribution in [3.63, 3.8) is 0 Å². The van der Waals surface area contributed by atoms with E-state index in [1.807, 2.05) is 6.07 Å². The number of fused-ring (bicyclic) bond motifs is 1. The summed E-state index contributed by atoms with van der Waals surface area (Å²) in [5.74, 6) is 0.563. The van der Waals surface area contributed by atoms with Gasteiger partial charge in [0, 0.05) is 35.8 Å². The van der Waals surface area contributed by atoms with E-state index in [0.717, 1.165) is 36.5 Å². The van der Waals surface area contributed by atoms with Gasteiger partial charge in [-0.15, -0.1) is 11.3 Å². The van der Waals surface area contributed by atoms with Crippen molar-refractivity contribution >= 4 is 27.3 Å². The molecule has 1 aromatic carbocycles. The Bertz CT molecular complexity index is 760. The van der Waals surface area contributed by atoms with Gasteiger partial charge in [-0.25, -0.2) is 4.39 Å². The van der Waals surface area contributed by atoms with Gasteiger partial charge in [-0.05, 0) is 49.8 Å². The van der Waals surface area contributed by atoms with Crippen LogP contribution in [-0.2, 0) is 0 Å². The molecule has 1 aromatic heterocycles. The molecule has 2 aromatic rings. The zero-order valence-corrected chi connectivity index (χ0v) is 16.0. The minimum Gasteiger partial charge on any atom is -0.349 e. The van der Waals surface area contributed by atoms with Crippen LogP contribution >= 0.6 is 11.3 Å². The zero-order valence-electron chi connectivity index (χ0n) is 15.2. The molecule has 0 bridgehead atoms. The summed E-state index contributed by atoms with van der Waals surface area (Å²) in [5, 5.41) is 3.71. The number of hydrogen-bond acceptors (Lipinski definition) is 3. The van der Waals surface area contributed by atoms with E-state index in [2.05, 4.69) is 10.2 Å². The Kier molecular flexibility index (Phi) is 5.55. The van der Waals surface area contributed by atoms with Crippen LogP contribution in [0.4, 0.5) is 4.39 Å². The Morgan fingerprint density at radius 2 is 1.92 bits per heavy atom. The molecule has 26 heavy (non-hydrogen) atoms. The third-order valence-electron chi connectivity index (χ3n) is 5.90. The predicted octanol–water partition coefficient (Wildman–Crippen LogP) is 4.81. The number of halogens is 1. The van der Waals surface area contributed by atoms with Crippen molar-refractivity contribution in [2.75, 3.05) is 19.6 Å². The lowest BCUT2D eigenvalue weighted by Crippen LogP contribution is -2.45. The third kappa shape index (κ3) is 4.09. The van der Waals surface area contributed by atoms with Gasteiger partial charge in [0.25, 0.3) is 5.91 Å². The average Bonchev–Trinajstić information content (AvgIpc) is 3.10. The number of nitrogens with one attached hydrogen (secondary N) is 1. The van der Waals surface area contributed by atoms with E-state index in [9.17, 15) is 9.18 Å². The summed E-state index contributed by atoms with van der Waals surface area (Å²) in [5.41, 5.74) is 0. The highest BCUT2D eigenvalue weighted by Crippen LogP contribution is 2.28. The summed E-state index contributed by atoms with van der Waals surface area (Å²) < 4.78 is 14.7. The fraction of sp³-hybridized carbons (Fsp3) is 0.571. The molecule has 1 aliphatic carbocycles. The van der Waals surface area contributed by atoms with Gasteiger partial charge in [-0.2, -0.15) is 0 Å². The van der Waals surface area contributed by atoms with E-state index in [4.69, 9.17) is 0 Å². The van der Waals surface area contributed by atoms with Crippen molar-refractivity contribution in [1.29, 1.82) is 0 Å². The maximum absolute atomic E-state index is 13.8.